The summed E-state index contributed by atoms with van der Waals surface area (Å²) in [7, 11) is 0. The fourth-order valence-corrected chi connectivity index (χ4v) is 1.72. The van der Waals surface area contributed by atoms with Gasteiger partial charge in [0, 0.05) is 6.42 Å². The average Bonchev–Trinajstić information content (AvgIpc) is 2.67. The van der Waals surface area contributed by atoms with E-state index in [-0.39, 0.29) is 0 Å². The molecule has 0 bridgehead atoms. The maximum atomic E-state index is 5.52. The number of benzene rings is 1. The number of hydrogen-bond acceptors (Lipinski definition) is 4. The average molecular weight is 217 g/mol. The Morgan fingerprint density at radius 1 is 1.31 bits per heavy atom. The van der Waals surface area contributed by atoms with Gasteiger partial charge in [0.2, 0.25) is 0 Å². The third-order valence-corrected chi connectivity index (χ3v) is 2.48. The standard InChI is InChI=1S/C11H15N5/c1-8-3-4-10(9(2)7-8)16-11(5-6-12)13-14-15-16/h3-4,7H,5-6,12H2,1-2H3. The summed E-state index contributed by atoms with van der Waals surface area (Å²) in [6.45, 7) is 4.67. The van der Waals surface area contributed by atoms with Crippen molar-refractivity contribution in [2.45, 2.75) is 20.3 Å². The molecular weight excluding hydrogens is 202 g/mol. The number of nitrogens with two attached hydrogens (primary N) is 1. The molecule has 1 aromatic heterocycles. The lowest BCUT2D eigenvalue weighted by Crippen LogP contribution is -2.10. The molecule has 0 saturated heterocycles. The predicted molar refractivity (Wildman–Crippen MR) is 61.4 cm³/mol. The fraction of sp³-hybridized carbons (Fsp3) is 0.364. The molecule has 0 aliphatic rings. The minimum atomic E-state index is 0.547. The van der Waals surface area contributed by atoms with Gasteiger partial charge >= 0.3 is 0 Å². The minimum absolute atomic E-state index is 0.547. The molecule has 0 unspecified atom stereocenters. The Morgan fingerprint density at radius 3 is 2.81 bits per heavy atom. The Balaban J connectivity index is 2.46. The van der Waals surface area contributed by atoms with E-state index in [2.05, 4.69) is 41.5 Å². The number of tetrazole rings is 1. The van der Waals surface area contributed by atoms with Crippen LogP contribution in [0.25, 0.3) is 5.69 Å². The Labute approximate surface area is 94.3 Å². The molecule has 0 atom stereocenters. The number of rotatable bonds is 3. The molecule has 1 heterocycles. The van der Waals surface area contributed by atoms with Crippen LogP contribution in [-0.2, 0) is 6.42 Å². The number of nitrogens with zero attached hydrogens (tertiary/aromatic N) is 4. The third-order valence-electron chi connectivity index (χ3n) is 2.48. The van der Waals surface area contributed by atoms with E-state index in [0.29, 0.717) is 13.0 Å². The Bertz CT molecular complexity index is 489. The van der Waals surface area contributed by atoms with Gasteiger partial charge in [-0.05, 0) is 42.4 Å². The number of hydrogen-bond donors (Lipinski definition) is 1. The van der Waals surface area contributed by atoms with Crippen LogP contribution in [0.5, 0.6) is 0 Å². The van der Waals surface area contributed by atoms with E-state index >= 15 is 0 Å². The van der Waals surface area contributed by atoms with Gasteiger partial charge < -0.3 is 5.73 Å². The lowest BCUT2D eigenvalue weighted by atomic mass is 10.1. The van der Waals surface area contributed by atoms with Crippen LogP contribution in [0.3, 0.4) is 0 Å². The fourth-order valence-electron chi connectivity index (χ4n) is 1.72. The molecule has 2 aromatic rings. The third kappa shape index (κ3) is 1.94. The zero-order valence-electron chi connectivity index (χ0n) is 9.51. The summed E-state index contributed by atoms with van der Waals surface area (Å²) in [6.07, 6.45) is 0.681. The molecular formula is C11H15N5. The highest BCUT2D eigenvalue weighted by Gasteiger charge is 2.09. The van der Waals surface area contributed by atoms with Gasteiger partial charge in [0.15, 0.2) is 5.82 Å². The van der Waals surface area contributed by atoms with Crippen molar-refractivity contribution in [3.8, 4) is 5.69 Å². The summed E-state index contributed by atoms with van der Waals surface area (Å²) in [5.41, 5.74) is 8.92. The molecule has 2 rings (SSSR count). The van der Waals surface area contributed by atoms with E-state index < -0.39 is 0 Å². The van der Waals surface area contributed by atoms with Crippen LogP contribution in [0.4, 0.5) is 0 Å². The second kappa shape index (κ2) is 4.40. The van der Waals surface area contributed by atoms with Gasteiger partial charge in [-0.25, -0.2) is 0 Å². The van der Waals surface area contributed by atoms with Crippen LogP contribution in [0.2, 0.25) is 0 Å². The van der Waals surface area contributed by atoms with Crippen molar-refractivity contribution in [3.05, 3.63) is 35.2 Å². The van der Waals surface area contributed by atoms with Crippen LogP contribution in [0.1, 0.15) is 17.0 Å². The largest absolute Gasteiger partial charge is 0.330 e. The van der Waals surface area contributed by atoms with Gasteiger partial charge in [-0.1, -0.05) is 17.7 Å². The summed E-state index contributed by atoms with van der Waals surface area (Å²) < 4.78 is 1.75. The van der Waals surface area contributed by atoms with E-state index in [0.717, 1.165) is 17.1 Å². The highest BCUT2D eigenvalue weighted by molar-refractivity contribution is 5.42. The summed E-state index contributed by atoms with van der Waals surface area (Å²) in [5, 5.41) is 11.7. The smallest absolute Gasteiger partial charge is 0.157 e. The summed E-state index contributed by atoms with van der Waals surface area (Å²) >= 11 is 0. The maximum Gasteiger partial charge on any atom is 0.157 e. The summed E-state index contributed by atoms with van der Waals surface area (Å²) in [4.78, 5) is 0. The minimum Gasteiger partial charge on any atom is -0.330 e. The molecule has 2 N–H and O–H groups in total. The first kappa shape index (κ1) is 10.8. The van der Waals surface area contributed by atoms with Gasteiger partial charge in [-0.3, -0.25) is 0 Å². The van der Waals surface area contributed by atoms with Gasteiger partial charge in [-0.15, -0.1) is 5.10 Å². The van der Waals surface area contributed by atoms with E-state index in [1.54, 1.807) is 4.68 Å². The highest BCUT2D eigenvalue weighted by atomic mass is 15.5. The first-order valence-electron chi connectivity index (χ1n) is 5.27. The van der Waals surface area contributed by atoms with Gasteiger partial charge in [0.05, 0.1) is 5.69 Å². The van der Waals surface area contributed by atoms with Crippen LogP contribution >= 0.6 is 0 Å². The lowest BCUT2D eigenvalue weighted by molar-refractivity contribution is 0.751. The molecule has 0 amide bonds. The SMILES string of the molecule is Cc1ccc(-n2nnnc2CCN)c(C)c1. The first-order valence-corrected chi connectivity index (χ1v) is 5.27. The van der Waals surface area contributed by atoms with Crippen molar-refractivity contribution < 1.29 is 0 Å². The molecule has 0 saturated carbocycles. The predicted octanol–water partition coefficient (Wildman–Crippen LogP) is 0.780. The molecule has 5 heteroatoms. The normalized spacial score (nSPS) is 10.7. The Morgan fingerprint density at radius 2 is 2.12 bits per heavy atom. The van der Waals surface area contributed by atoms with Gasteiger partial charge in [0.1, 0.15) is 0 Å². The molecule has 0 fully saturated rings. The number of aryl methyl sites for hydroxylation is 2. The van der Waals surface area contributed by atoms with Crippen molar-refractivity contribution in [3.63, 3.8) is 0 Å². The van der Waals surface area contributed by atoms with Crippen molar-refractivity contribution in [1.82, 2.24) is 20.2 Å². The van der Waals surface area contributed by atoms with E-state index in [1.165, 1.54) is 5.56 Å². The summed E-state index contributed by atoms with van der Waals surface area (Å²) in [6, 6.07) is 6.19. The molecule has 5 nitrogen and oxygen atoms in total. The van der Waals surface area contributed by atoms with Crippen molar-refractivity contribution in [1.29, 1.82) is 0 Å². The van der Waals surface area contributed by atoms with E-state index in [9.17, 15) is 0 Å². The molecule has 0 aliphatic heterocycles. The van der Waals surface area contributed by atoms with Crippen molar-refractivity contribution >= 4 is 0 Å². The van der Waals surface area contributed by atoms with Crippen LogP contribution in [0.15, 0.2) is 18.2 Å². The lowest BCUT2D eigenvalue weighted by Gasteiger charge is -2.07. The van der Waals surface area contributed by atoms with Gasteiger partial charge in [-0.2, -0.15) is 4.68 Å². The second-order valence-corrected chi connectivity index (χ2v) is 3.84. The molecule has 16 heavy (non-hydrogen) atoms. The molecule has 0 aliphatic carbocycles. The number of aromatic nitrogens is 4. The molecule has 84 valence electrons. The monoisotopic (exact) mass is 217 g/mol. The second-order valence-electron chi connectivity index (χ2n) is 3.84. The van der Waals surface area contributed by atoms with E-state index in [1.807, 2.05) is 6.07 Å². The topological polar surface area (TPSA) is 69.6 Å². The van der Waals surface area contributed by atoms with Crippen LogP contribution in [-0.4, -0.2) is 26.8 Å². The van der Waals surface area contributed by atoms with Crippen LogP contribution < -0.4 is 5.73 Å². The molecule has 1 aromatic carbocycles. The van der Waals surface area contributed by atoms with Crippen molar-refractivity contribution in [2.24, 2.45) is 5.73 Å². The van der Waals surface area contributed by atoms with Crippen molar-refractivity contribution in [2.75, 3.05) is 6.54 Å². The van der Waals surface area contributed by atoms with E-state index in [4.69, 9.17) is 5.73 Å². The van der Waals surface area contributed by atoms with Crippen LogP contribution in [0, 0.1) is 13.8 Å². The van der Waals surface area contributed by atoms with Gasteiger partial charge in [0.25, 0.3) is 0 Å². The molecule has 0 spiro atoms. The maximum absolute atomic E-state index is 5.52. The molecule has 0 radical (unpaired) electrons. The summed E-state index contributed by atoms with van der Waals surface area (Å²) in [5.74, 6) is 0.800. The highest BCUT2D eigenvalue weighted by Crippen LogP contribution is 2.15. The quantitative estimate of drug-likeness (QED) is 0.824. The Hall–Kier alpha value is -1.75. The first-order chi connectivity index (χ1) is 7.72. The zero-order chi connectivity index (χ0) is 11.5. The zero-order valence-corrected chi connectivity index (χ0v) is 9.51. The Kier molecular flexibility index (Phi) is 2.96.